The molecule has 2 amide bonds. The number of likely N-dealkylation sites (tertiary alicyclic amines) is 1. The van der Waals surface area contributed by atoms with Crippen LogP contribution in [0.4, 0.5) is 10.1 Å². The lowest BCUT2D eigenvalue weighted by Crippen LogP contribution is -2.29. The second kappa shape index (κ2) is 8.93. The fraction of sp³-hybridized carbons (Fsp3) is 0.261. The van der Waals surface area contributed by atoms with Crippen molar-refractivity contribution >= 4 is 29.3 Å². The number of imidazole rings is 1. The Morgan fingerprint density at radius 3 is 2.48 bits per heavy atom. The van der Waals surface area contributed by atoms with Crippen LogP contribution in [0.25, 0.3) is 5.69 Å². The molecule has 1 N–H and O–H groups in total. The summed E-state index contributed by atoms with van der Waals surface area (Å²) in [4.78, 5) is 32.5. The molecule has 6 nitrogen and oxygen atoms in total. The van der Waals surface area contributed by atoms with Gasteiger partial charge in [0.05, 0.1) is 17.4 Å². The van der Waals surface area contributed by atoms with Crippen molar-refractivity contribution in [1.82, 2.24) is 14.5 Å². The number of anilines is 1. The first-order chi connectivity index (χ1) is 15.0. The zero-order valence-electron chi connectivity index (χ0n) is 17.4. The van der Waals surface area contributed by atoms with E-state index in [0.29, 0.717) is 27.8 Å². The van der Waals surface area contributed by atoms with Crippen molar-refractivity contribution < 1.29 is 14.0 Å². The summed E-state index contributed by atoms with van der Waals surface area (Å²) < 4.78 is 15.1. The first-order valence-corrected chi connectivity index (χ1v) is 11.3. The molecule has 31 heavy (non-hydrogen) atoms. The Morgan fingerprint density at radius 1 is 1.10 bits per heavy atom. The molecule has 0 atom stereocenters. The maximum absolute atomic E-state index is 13.4. The van der Waals surface area contributed by atoms with E-state index >= 15 is 0 Å². The SMILES string of the molecule is CSc1ncc(C(=O)Nc2c(C)cccc2C(=O)N2CCCC2)n1-c1ccc(F)cc1. The van der Waals surface area contributed by atoms with E-state index < -0.39 is 0 Å². The molecule has 2 heterocycles. The summed E-state index contributed by atoms with van der Waals surface area (Å²) >= 11 is 1.38. The number of thioether (sulfide) groups is 1. The number of halogens is 1. The van der Waals surface area contributed by atoms with Crippen LogP contribution in [-0.4, -0.2) is 45.6 Å². The average Bonchev–Trinajstić information content (AvgIpc) is 3.45. The molecule has 1 aliphatic heterocycles. The minimum Gasteiger partial charge on any atom is -0.339 e. The lowest BCUT2D eigenvalue weighted by atomic mass is 10.1. The molecular weight excluding hydrogens is 415 g/mol. The number of aryl methyl sites for hydroxylation is 1. The maximum atomic E-state index is 13.4. The van der Waals surface area contributed by atoms with Gasteiger partial charge in [-0.3, -0.25) is 14.2 Å². The largest absolute Gasteiger partial charge is 0.339 e. The third kappa shape index (κ3) is 4.20. The van der Waals surface area contributed by atoms with Crippen LogP contribution in [0.5, 0.6) is 0 Å². The van der Waals surface area contributed by atoms with Crippen LogP contribution >= 0.6 is 11.8 Å². The number of rotatable bonds is 5. The highest BCUT2D eigenvalue weighted by Crippen LogP contribution is 2.27. The molecule has 0 bridgehead atoms. The van der Waals surface area contributed by atoms with E-state index in [0.717, 1.165) is 31.5 Å². The van der Waals surface area contributed by atoms with Crippen LogP contribution in [0.3, 0.4) is 0 Å². The van der Waals surface area contributed by atoms with Gasteiger partial charge in [-0.2, -0.15) is 0 Å². The van der Waals surface area contributed by atoms with Crippen LogP contribution in [-0.2, 0) is 0 Å². The van der Waals surface area contributed by atoms with Crippen molar-refractivity contribution in [1.29, 1.82) is 0 Å². The van der Waals surface area contributed by atoms with Gasteiger partial charge in [-0.15, -0.1) is 0 Å². The monoisotopic (exact) mass is 438 g/mol. The van der Waals surface area contributed by atoms with Gasteiger partial charge in [0, 0.05) is 18.8 Å². The smallest absolute Gasteiger partial charge is 0.274 e. The molecule has 3 aromatic rings. The van der Waals surface area contributed by atoms with Crippen molar-refractivity contribution in [2.45, 2.75) is 24.9 Å². The van der Waals surface area contributed by atoms with E-state index in [1.54, 1.807) is 22.8 Å². The van der Waals surface area contributed by atoms with Crippen LogP contribution in [0.1, 0.15) is 39.3 Å². The predicted molar refractivity (Wildman–Crippen MR) is 120 cm³/mol. The normalized spacial score (nSPS) is 13.5. The number of nitrogens with one attached hydrogen (secondary N) is 1. The first kappa shape index (κ1) is 21.1. The Balaban J connectivity index is 1.69. The number of amides is 2. The minimum absolute atomic E-state index is 0.0756. The molecule has 1 aromatic heterocycles. The van der Waals surface area contributed by atoms with Crippen molar-refractivity contribution in [3.05, 3.63) is 71.3 Å². The quantitative estimate of drug-likeness (QED) is 0.595. The van der Waals surface area contributed by atoms with Crippen LogP contribution < -0.4 is 5.32 Å². The van der Waals surface area contributed by atoms with Crippen LogP contribution in [0.15, 0.2) is 53.8 Å². The number of nitrogens with zero attached hydrogens (tertiary/aromatic N) is 3. The topological polar surface area (TPSA) is 67.2 Å². The molecule has 160 valence electrons. The molecule has 4 rings (SSSR count). The number of hydrogen-bond acceptors (Lipinski definition) is 4. The molecule has 1 aliphatic rings. The van der Waals surface area contributed by atoms with E-state index in [2.05, 4.69) is 10.3 Å². The van der Waals surface area contributed by atoms with E-state index in [9.17, 15) is 14.0 Å². The minimum atomic E-state index is -0.387. The highest BCUT2D eigenvalue weighted by atomic mass is 32.2. The Hall–Kier alpha value is -3.13. The molecule has 0 spiro atoms. The highest BCUT2D eigenvalue weighted by Gasteiger charge is 2.25. The van der Waals surface area contributed by atoms with Gasteiger partial charge in [-0.25, -0.2) is 9.37 Å². The van der Waals surface area contributed by atoms with Crippen LogP contribution in [0.2, 0.25) is 0 Å². The standard InChI is InChI=1S/C23H23FN4O2S/c1-15-6-5-7-18(22(30)27-12-3-4-13-27)20(15)26-21(29)19-14-25-23(31-2)28(19)17-10-8-16(24)9-11-17/h5-11,14H,3-4,12-13H2,1-2H3,(H,26,29). The predicted octanol–water partition coefficient (Wildman–Crippen LogP) is 4.53. The second-order valence-corrected chi connectivity index (χ2v) is 8.17. The number of para-hydroxylation sites is 1. The van der Waals surface area contributed by atoms with Crippen LogP contribution in [0, 0.1) is 12.7 Å². The zero-order chi connectivity index (χ0) is 22.0. The summed E-state index contributed by atoms with van der Waals surface area (Å²) in [5, 5.41) is 3.53. The molecule has 1 saturated heterocycles. The van der Waals surface area contributed by atoms with Gasteiger partial charge in [0.25, 0.3) is 11.8 Å². The molecule has 0 saturated carbocycles. The van der Waals surface area contributed by atoms with Gasteiger partial charge in [0.2, 0.25) is 0 Å². The van der Waals surface area contributed by atoms with Crippen molar-refractivity contribution in [2.24, 2.45) is 0 Å². The Bertz CT molecular complexity index is 1120. The second-order valence-electron chi connectivity index (χ2n) is 7.39. The number of aromatic nitrogens is 2. The molecule has 0 radical (unpaired) electrons. The van der Waals surface area contributed by atoms with Gasteiger partial charge in [-0.05, 0) is 61.9 Å². The van der Waals surface area contributed by atoms with Crippen molar-refractivity contribution in [3.8, 4) is 5.69 Å². The third-order valence-corrected chi connectivity index (χ3v) is 6.02. The molecule has 8 heteroatoms. The summed E-state index contributed by atoms with van der Waals surface area (Å²) in [7, 11) is 0. The fourth-order valence-electron chi connectivity index (χ4n) is 3.76. The molecule has 1 fully saturated rings. The average molecular weight is 439 g/mol. The zero-order valence-corrected chi connectivity index (χ0v) is 18.2. The fourth-order valence-corrected chi connectivity index (χ4v) is 4.30. The Morgan fingerprint density at radius 2 is 1.81 bits per heavy atom. The molecule has 0 aliphatic carbocycles. The highest BCUT2D eigenvalue weighted by molar-refractivity contribution is 7.98. The Labute approximate surface area is 184 Å². The van der Waals surface area contributed by atoms with E-state index in [1.165, 1.54) is 30.1 Å². The van der Waals surface area contributed by atoms with Crippen molar-refractivity contribution in [2.75, 3.05) is 24.7 Å². The summed E-state index contributed by atoms with van der Waals surface area (Å²) in [5.74, 6) is -0.819. The molecular formula is C23H23FN4O2S. The number of benzene rings is 2. The van der Waals surface area contributed by atoms with Crippen molar-refractivity contribution in [3.63, 3.8) is 0 Å². The number of hydrogen-bond donors (Lipinski definition) is 1. The van der Waals surface area contributed by atoms with E-state index in [1.807, 2.05) is 30.2 Å². The van der Waals surface area contributed by atoms with Gasteiger partial charge < -0.3 is 10.2 Å². The van der Waals surface area contributed by atoms with Gasteiger partial charge in [0.15, 0.2) is 5.16 Å². The maximum Gasteiger partial charge on any atom is 0.274 e. The van der Waals surface area contributed by atoms with Gasteiger partial charge in [0.1, 0.15) is 11.5 Å². The summed E-state index contributed by atoms with van der Waals surface area (Å²) in [5.41, 5.74) is 2.72. The molecule has 2 aromatic carbocycles. The summed E-state index contributed by atoms with van der Waals surface area (Å²) in [6, 6.07) is 11.3. The van der Waals surface area contributed by atoms with Gasteiger partial charge >= 0.3 is 0 Å². The third-order valence-electron chi connectivity index (χ3n) is 5.36. The summed E-state index contributed by atoms with van der Waals surface area (Å²) in [6.45, 7) is 3.32. The van der Waals surface area contributed by atoms with E-state index in [-0.39, 0.29) is 17.6 Å². The summed E-state index contributed by atoms with van der Waals surface area (Å²) in [6.07, 6.45) is 5.34. The first-order valence-electron chi connectivity index (χ1n) is 10.1. The lowest BCUT2D eigenvalue weighted by molar-refractivity contribution is 0.0793. The van der Waals surface area contributed by atoms with Gasteiger partial charge in [-0.1, -0.05) is 23.9 Å². The number of carbonyl (C=O) groups is 2. The Kier molecular flexibility index (Phi) is 6.08. The molecule has 0 unspecified atom stereocenters. The number of carbonyl (C=O) groups excluding carboxylic acids is 2. The van der Waals surface area contributed by atoms with E-state index in [4.69, 9.17) is 0 Å². The lowest BCUT2D eigenvalue weighted by Gasteiger charge is -2.19.